The van der Waals surface area contributed by atoms with E-state index in [0.717, 1.165) is 10.9 Å². The van der Waals surface area contributed by atoms with Crippen molar-refractivity contribution in [1.82, 2.24) is 30.5 Å². The van der Waals surface area contributed by atoms with Crippen molar-refractivity contribution in [2.24, 2.45) is 0 Å². The lowest BCUT2D eigenvalue weighted by molar-refractivity contribution is -0.121. The number of tetrazole rings is 1. The molecule has 0 atom stereocenters. The quantitative estimate of drug-likeness (QED) is 0.654. The summed E-state index contributed by atoms with van der Waals surface area (Å²) in [5, 5.41) is 14.9. The second kappa shape index (κ2) is 7.49. The molecule has 24 heavy (non-hydrogen) atoms. The van der Waals surface area contributed by atoms with E-state index in [9.17, 15) is 4.79 Å². The van der Waals surface area contributed by atoms with Crippen LogP contribution in [0.25, 0.3) is 10.9 Å². The second-order valence-corrected chi connectivity index (χ2v) is 5.23. The molecule has 0 aliphatic carbocycles. The molecule has 1 amide bonds. The summed E-state index contributed by atoms with van der Waals surface area (Å²) in [6.45, 7) is 3.06. The lowest BCUT2D eigenvalue weighted by atomic mass is 10.2. The first kappa shape index (κ1) is 15.9. The van der Waals surface area contributed by atoms with E-state index in [1.54, 1.807) is 17.8 Å². The van der Waals surface area contributed by atoms with Crippen molar-refractivity contribution < 1.29 is 9.53 Å². The smallest absolute Gasteiger partial charge is 0.221 e. The van der Waals surface area contributed by atoms with Crippen LogP contribution in [0, 0.1) is 6.92 Å². The molecule has 0 saturated heterocycles. The van der Waals surface area contributed by atoms with E-state index in [-0.39, 0.29) is 5.91 Å². The maximum absolute atomic E-state index is 11.8. The van der Waals surface area contributed by atoms with Gasteiger partial charge in [0, 0.05) is 18.0 Å². The third-order valence-corrected chi connectivity index (χ3v) is 3.54. The topological polar surface area (TPSA) is 94.8 Å². The highest BCUT2D eigenvalue weighted by atomic mass is 16.5. The van der Waals surface area contributed by atoms with Crippen molar-refractivity contribution in [2.75, 3.05) is 13.2 Å². The number of benzene rings is 1. The Bertz CT molecular complexity index is 827. The molecule has 2 heterocycles. The van der Waals surface area contributed by atoms with Gasteiger partial charge in [0.15, 0.2) is 0 Å². The Morgan fingerprint density at radius 2 is 2.17 bits per heavy atom. The van der Waals surface area contributed by atoms with Gasteiger partial charge in [-0.2, -0.15) is 0 Å². The Kier molecular flexibility index (Phi) is 4.95. The second-order valence-electron chi connectivity index (χ2n) is 5.23. The zero-order valence-electron chi connectivity index (χ0n) is 13.3. The minimum atomic E-state index is -0.0652. The third-order valence-electron chi connectivity index (χ3n) is 3.54. The summed E-state index contributed by atoms with van der Waals surface area (Å²) in [7, 11) is 0. The van der Waals surface area contributed by atoms with Gasteiger partial charge >= 0.3 is 0 Å². The highest BCUT2D eigenvalue weighted by molar-refractivity contribution is 5.84. The van der Waals surface area contributed by atoms with Gasteiger partial charge in [-0.1, -0.05) is 18.2 Å². The fourth-order valence-corrected chi connectivity index (χ4v) is 2.30. The van der Waals surface area contributed by atoms with Gasteiger partial charge in [-0.05, 0) is 29.5 Å². The van der Waals surface area contributed by atoms with Crippen LogP contribution in [-0.4, -0.2) is 44.3 Å². The largest absolute Gasteiger partial charge is 0.489 e. The molecule has 0 spiro atoms. The summed E-state index contributed by atoms with van der Waals surface area (Å²) in [6.07, 6.45) is 2.06. The molecule has 1 N–H and O–H groups in total. The molecule has 0 aliphatic heterocycles. The number of carbonyl (C=O) groups excluding carboxylic acids is 1. The number of carbonyl (C=O) groups is 1. The number of nitrogens with one attached hydrogen (secondary N) is 1. The van der Waals surface area contributed by atoms with Crippen LogP contribution in [0.1, 0.15) is 12.2 Å². The molecule has 0 radical (unpaired) electrons. The molecular formula is C16H18N6O2. The van der Waals surface area contributed by atoms with E-state index in [1.165, 1.54) is 0 Å². The van der Waals surface area contributed by atoms with Crippen LogP contribution >= 0.6 is 0 Å². The molecule has 0 fully saturated rings. The number of pyridine rings is 1. The van der Waals surface area contributed by atoms with Gasteiger partial charge in [0.2, 0.25) is 5.91 Å². The number of amides is 1. The Morgan fingerprint density at radius 3 is 3.00 bits per heavy atom. The van der Waals surface area contributed by atoms with E-state index >= 15 is 0 Å². The Morgan fingerprint density at radius 1 is 1.29 bits per heavy atom. The third kappa shape index (κ3) is 3.83. The number of ether oxygens (including phenoxy) is 1. The van der Waals surface area contributed by atoms with Crippen molar-refractivity contribution in [3.8, 4) is 5.75 Å². The Labute approximate surface area is 138 Å². The number of nitrogens with zero attached hydrogens (tertiary/aromatic N) is 5. The van der Waals surface area contributed by atoms with Crippen LogP contribution in [0.3, 0.4) is 0 Å². The monoisotopic (exact) mass is 326 g/mol. The number of hydrogen-bond acceptors (Lipinski definition) is 6. The number of para-hydroxylation sites is 1. The van der Waals surface area contributed by atoms with Gasteiger partial charge in [0.05, 0.1) is 13.1 Å². The van der Waals surface area contributed by atoms with Crippen molar-refractivity contribution in [1.29, 1.82) is 0 Å². The summed E-state index contributed by atoms with van der Waals surface area (Å²) in [6, 6.07) is 9.65. The van der Waals surface area contributed by atoms with Gasteiger partial charge in [0.1, 0.15) is 23.7 Å². The maximum Gasteiger partial charge on any atom is 0.221 e. The van der Waals surface area contributed by atoms with Crippen LogP contribution in [0.4, 0.5) is 0 Å². The molecule has 3 aromatic rings. The number of hydrogen-bond donors (Lipinski definition) is 1. The first-order valence-electron chi connectivity index (χ1n) is 7.70. The summed E-state index contributed by atoms with van der Waals surface area (Å²) in [5.41, 5.74) is 0.820. The average Bonchev–Trinajstić information content (AvgIpc) is 3.02. The molecule has 124 valence electrons. The zero-order valence-corrected chi connectivity index (χ0v) is 13.3. The van der Waals surface area contributed by atoms with Crippen molar-refractivity contribution >= 4 is 16.8 Å². The lowest BCUT2D eigenvalue weighted by Gasteiger charge is -2.09. The average molecular weight is 326 g/mol. The minimum Gasteiger partial charge on any atom is -0.489 e. The van der Waals surface area contributed by atoms with Crippen molar-refractivity contribution in [2.45, 2.75) is 19.9 Å². The highest BCUT2D eigenvalue weighted by Gasteiger charge is 2.06. The van der Waals surface area contributed by atoms with Gasteiger partial charge in [-0.3, -0.25) is 9.78 Å². The Hall–Kier alpha value is -3.03. The van der Waals surface area contributed by atoms with Crippen molar-refractivity contribution in [3.05, 3.63) is 42.4 Å². The molecule has 0 saturated carbocycles. The molecular weight excluding hydrogens is 308 g/mol. The van der Waals surface area contributed by atoms with E-state index in [2.05, 4.69) is 25.8 Å². The molecule has 0 aliphatic rings. The zero-order chi connectivity index (χ0) is 16.8. The maximum atomic E-state index is 11.8. The molecule has 0 bridgehead atoms. The molecule has 8 heteroatoms. The van der Waals surface area contributed by atoms with Crippen LogP contribution in [-0.2, 0) is 11.3 Å². The number of aromatic nitrogens is 5. The van der Waals surface area contributed by atoms with Crippen LogP contribution < -0.4 is 10.1 Å². The van der Waals surface area contributed by atoms with E-state index < -0.39 is 0 Å². The van der Waals surface area contributed by atoms with Gasteiger partial charge in [-0.15, -0.1) is 5.10 Å². The molecule has 1 aromatic carbocycles. The molecule has 8 nitrogen and oxygen atoms in total. The SMILES string of the molecule is Cc1nnnn1CCC(=O)NCCOc1cccc2cccnc12. The Balaban J connectivity index is 1.43. The summed E-state index contributed by atoms with van der Waals surface area (Å²) < 4.78 is 7.32. The number of fused-ring (bicyclic) bond motifs is 1. The molecule has 3 rings (SSSR count). The highest BCUT2D eigenvalue weighted by Crippen LogP contribution is 2.22. The predicted molar refractivity (Wildman–Crippen MR) is 87.4 cm³/mol. The number of aryl methyl sites for hydroxylation is 2. The van der Waals surface area contributed by atoms with Crippen LogP contribution in [0.2, 0.25) is 0 Å². The normalized spacial score (nSPS) is 10.7. The van der Waals surface area contributed by atoms with E-state index in [0.29, 0.717) is 37.7 Å². The van der Waals surface area contributed by atoms with Crippen LogP contribution in [0.5, 0.6) is 5.75 Å². The number of rotatable bonds is 7. The van der Waals surface area contributed by atoms with E-state index in [4.69, 9.17) is 4.74 Å². The summed E-state index contributed by atoms with van der Waals surface area (Å²) in [4.78, 5) is 16.1. The first-order valence-corrected chi connectivity index (χ1v) is 7.70. The summed E-state index contributed by atoms with van der Waals surface area (Å²) in [5.74, 6) is 1.34. The fraction of sp³-hybridized carbons (Fsp3) is 0.312. The van der Waals surface area contributed by atoms with Gasteiger partial charge in [-0.25, -0.2) is 4.68 Å². The fourth-order valence-electron chi connectivity index (χ4n) is 2.30. The predicted octanol–water partition coefficient (Wildman–Crippen LogP) is 1.12. The lowest BCUT2D eigenvalue weighted by Crippen LogP contribution is -2.29. The molecule has 0 unspecified atom stereocenters. The van der Waals surface area contributed by atoms with Gasteiger partial charge < -0.3 is 10.1 Å². The minimum absolute atomic E-state index is 0.0652. The molecule has 2 aromatic heterocycles. The standard InChI is InChI=1S/C16H18N6O2/c1-12-19-20-21-22(12)10-7-15(23)17-9-11-24-14-6-2-4-13-5-3-8-18-16(13)14/h2-6,8H,7,9-11H2,1H3,(H,17,23). The summed E-state index contributed by atoms with van der Waals surface area (Å²) >= 11 is 0. The van der Waals surface area contributed by atoms with Crippen molar-refractivity contribution in [3.63, 3.8) is 0 Å². The first-order chi connectivity index (χ1) is 11.7. The van der Waals surface area contributed by atoms with Crippen LogP contribution in [0.15, 0.2) is 36.5 Å². The van der Waals surface area contributed by atoms with E-state index in [1.807, 2.05) is 30.3 Å². The van der Waals surface area contributed by atoms with Gasteiger partial charge in [0.25, 0.3) is 0 Å².